The van der Waals surface area contributed by atoms with Gasteiger partial charge in [0.2, 0.25) is 13.2 Å². The Balaban J connectivity index is 2.96. The third-order valence-electron chi connectivity index (χ3n) is 0.510. The standard InChI is InChI=1S/CH4B3O4P2/c5-1(6-9)2-3-7-4-8-10/h9-10H2. The van der Waals surface area contributed by atoms with Crippen LogP contribution in [0.5, 0.6) is 0 Å². The van der Waals surface area contributed by atoms with Gasteiger partial charge in [-0.25, -0.2) is 0 Å². The highest BCUT2D eigenvalue weighted by molar-refractivity contribution is 7.18. The van der Waals surface area contributed by atoms with Crippen molar-refractivity contribution in [1.82, 2.24) is 0 Å². The number of hydrogen-bond acceptors (Lipinski definition) is 4. The molecule has 0 saturated carbocycles. The van der Waals surface area contributed by atoms with Gasteiger partial charge in [0.15, 0.2) is 0 Å². The molecule has 0 amide bonds. The third kappa shape index (κ3) is 6.56. The van der Waals surface area contributed by atoms with E-state index in [1.165, 1.54) is 0 Å². The highest BCUT2D eigenvalue weighted by atomic mass is 31.0. The molecule has 0 aliphatic carbocycles. The molecular formula is CH4B3O4P2. The Morgan fingerprint density at radius 1 is 1.40 bits per heavy atom. The molecule has 0 N–H and O–H groups in total. The zero-order valence-electron chi connectivity index (χ0n) is 5.02. The predicted octanol–water partition coefficient (Wildman–Crippen LogP) is -0.491. The lowest BCUT2D eigenvalue weighted by atomic mass is 9.50. The highest BCUT2D eigenvalue weighted by Gasteiger charge is 2.04. The summed E-state index contributed by atoms with van der Waals surface area (Å²) < 4.78 is 13.0. The molecule has 0 heterocycles. The van der Waals surface area contributed by atoms with Crippen molar-refractivity contribution in [3.05, 3.63) is 0 Å². The van der Waals surface area contributed by atoms with Crippen LogP contribution in [-0.2, 0) is 13.5 Å². The lowest BCUT2D eigenvalue weighted by molar-refractivity contribution is 0.232. The first kappa shape index (κ1) is 10.4. The fourth-order valence-corrected chi connectivity index (χ4v) is 0.341. The summed E-state index contributed by atoms with van der Waals surface area (Å²) in [5.74, 6) is -0.512. The van der Waals surface area contributed by atoms with Crippen molar-refractivity contribution in [3.8, 4) is 0 Å². The Hall–Kier alpha value is 0.445. The predicted molar refractivity (Wildman–Crippen MR) is 45.3 cm³/mol. The van der Waals surface area contributed by atoms with Gasteiger partial charge in [0.25, 0.3) is 7.17 Å². The van der Waals surface area contributed by atoms with Gasteiger partial charge in [-0.05, 0) is 9.47 Å². The van der Waals surface area contributed by atoms with Crippen LogP contribution in [0.1, 0.15) is 0 Å². The summed E-state index contributed by atoms with van der Waals surface area (Å²) in [5, 5.41) is 0. The molecule has 9 heteroatoms. The number of rotatable bonds is 5. The molecule has 0 aliphatic rings. The summed E-state index contributed by atoms with van der Waals surface area (Å²) in [6.07, 6.45) is 0. The normalized spacial score (nSPS) is 8.20. The molecule has 0 aromatic carbocycles. The minimum atomic E-state index is -0.512. The van der Waals surface area contributed by atoms with E-state index < -0.39 is 5.87 Å². The van der Waals surface area contributed by atoms with E-state index in [9.17, 15) is 4.79 Å². The Morgan fingerprint density at radius 2 is 2.10 bits per heavy atom. The molecule has 0 fully saturated rings. The lowest BCUT2D eigenvalue weighted by Crippen LogP contribution is -2.19. The van der Waals surface area contributed by atoms with Crippen molar-refractivity contribution in [2.75, 3.05) is 0 Å². The molecule has 10 heavy (non-hydrogen) atoms. The lowest BCUT2D eigenvalue weighted by Gasteiger charge is -1.95. The average Bonchev–Trinajstić information content (AvgIpc) is 1.98. The highest BCUT2D eigenvalue weighted by Crippen LogP contribution is 1.86. The summed E-state index contributed by atoms with van der Waals surface area (Å²) >= 11 is 0. The fraction of sp³-hybridized carbons (Fsp3) is 0. The van der Waals surface area contributed by atoms with Gasteiger partial charge in [-0.15, -0.1) is 0 Å². The van der Waals surface area contributed by atoms with Crippen LogP contribution in [0, 0.1) is 0 Å². The first-order chi connectivity index (χ1) is 4.81. The van der Waals surface area contributed by atoms with Gasteiger partial charge in [0, 0.05) is 0 Å². The van der Waals surface area contributed by atoms with Crippen molar-refractivity contribution in [3.63, 3.8) is 0 Å². The molecule has 0 saturated heterocycles. The van der Waals surface area contributed by atoms with Gasteiger partial charge in [-0.1, -0.05) is 0 Å². The molecule has 0 spiro atoms. The zero-order valence-corrected chi connectivity index (χ0v) is 7.33. The first-order valence-electron chi connectivity index (χ1n) is 2.21. The second-order valence-electron chi connectivity index (χ2n) is 1.11. The summed E-state index contributed by atoms with van der Waals surface area (Å²) in [7, 11) is 7.04. The minimum absolute atomic E-state index is 0.512. The van der Waals surface area contributed by atoms with Gasteiger partial charge in [-0.2, -0.15) is 0 Å². The smallest absolute Gasteiger partial charge is 0.473 e. The molecule has 0 bridgehead atoms. The van der Waals surface area contributed by atoms with Crippen LogP contribution >= 0.6 is 18.9 Å². The molecule has 0 aliphatic heterocycles. The van der Waals surface area contributed by atoms with Gasteiger partial charge in [0.05, 0.1) is 9.47 Å². The second-order valence-corrected chi connectivity index (χ2v) is 1.62. The zero-order chi connectivity index (χ0) is 7.82. The number of hydrogen-bond donors (Lipinski definition) is 0. The number of carbonyl (C=O) groups is 1. The van der Waals surface area contributed by atoms with E-state index in [1.807, 2.05) is 18.9 Å². The molecule has 0 rings (SSSR count). The fourth-order valence-electron chi connectivity index (χ4n) is 0.198. The van der Waals surface area contributed by atoms with E-state index >= 15 is 0 Å². The Labute approximate surface area is 66.1 Å². The summed E-state index contributed by atoms with van der Waals surface area (Å²) in [6, 6.07) is 0. The summed E-state index contributed by atoms with van der Waals surface area (Å²) in [4.78, 5) is 10.3. The van der Waals surface area contributed by atoms with Crippen LogP contribution in [0.15, 0.2) is 0 Å². The maximum atomic E-state index is 10.3. The van der Waals surface area contributed by atoms with Crippen molar-refractivity contribution in [2.45, 2.75) is 0 Å². The van der Waals surface area contributed by atoms with Crippen LogP contribution in [0.25, 0.3) is 0 Å². The van der Waals surface area contributed by atoms with Crippen molar-refractivity contribution in [1.29, 1.82) is 0 Å². The Bertz CT molecular complexity index is 101. The first-order valence-corrected chi connectivity index (χ1v) is 3.15. The quantitative estimate of drug-likeness (QED) is 0.320. The van der Waals surface area contributed by atoms with Gasteiger partial charge < -0.3 is 13.5 Å². The average molecular weight is 174 g/mol. The van der Waals surface area contributed by atoms with Crippen molar-refractivity contribution in [2.24, 2.45) is 0 Å². The van der Waals surface area contributed by atoms with E-state index in [4.69, 9.17) is 0 Å². The molecule has 2 unspecified atom stereocenters. The van der Waals surface area contributed by atoms with Gasteiger partial charge in [-0.3, -0.25) is 4.79 Å². The van der Waals surface area contributed by atoms with Crippen LogP contribution in [0.4, 0.5) is 4.79 Å². The third-order valence-corrected chi connectivity index (χ3v) is 0.853. The van der Waals surface area contributed by atoms with E-state index in [0.717, 1.165) is 22.2 Å². The van der Waals surface area contributed by atoms with Crippen LogP contribution in [0.3, 0.4) is 0 Å². The molecule has 4 nitrogen and oxygen atoms in total. The van der Waals surface area contributed by atoms with Crippen LogP contribution < -0.4 is 0 Å². The summed E-state index contributed by atoms with van der Waals surface area (Å²) in [5.41, 5.74) is 0. The maximum Gasteiger partial charge on any atom is 0.473 e. The van der Waals surface area contributed by atoms with E-state index in [1.54, 1.807) is 0 Å². The van der Waals surface area contributed by atoms with Crippen molar-refractivity contribution < 1.29 is 18.3 Å². The van der Waals surface area contributed by atoms with Crippen LogP contribution in [-0.4, -0.2) is 28.1 Å². The molecule has 0 aromatic rings. The summed E-state index contributed by atoms with van der Waals surface area (Å²) in [6.45, 7) is 0. The molecular weight excluding hydrogens is 170 g/mol. The largest absolute Gasteiger partial charge is 0.487 e. The Morgan fingerprint density at radius 3 is 2.60 bits per heavy atom. The maximum absolute atomic E-state index is 10.3. The number of carbonyl (C=O) groups excluding carboxylic acids is 1. The van der Waals surface area contributed by atoms with Crippen molar-refractivity contribution >= 4 is 47.0 Å². The van der Waals surface area contributed by atoms with E-state index in [0.29, 0.717) is 0 Å². The molecule has 51 valence electrons. The van der Waals surface area contributed by atoms with Crippen LogP contribution in [0.2, 0.25) is 0 Å². The van der Waals surface area contributed by atoms with Gasteiger partial charge in [0.1, 0.15) is 0 Å². The molecule has 3 radical (unpaired) electrons. The molecule has 0 aromatic heterocycles. The Kier molecular flexibility index (Phi) is 7.89. The monoisotopic (exact) mass is 175 g/mol. The minimum Gasteiger partial charge on any atom is -0.487 e. The van der Waals surface area contributed by atoms with Gasteiger partial charge >= 0.3 is 7.69 Å². The van der Waals surface area contributed by atoms with E-state index in [2.05, 4.69) is 13.5 Å². The SMILES string of the molecule is O=C([B][B]O[B]OP)OP. The molecule has 2 atom stereocenters. The topological polar surface area (TPSA) is 44.8 Å². The second kappa shape index (κ2) is 7.55. The van der Waals surface area contributed by atoms with E-state index in [-0.39, 0.29) is 0 Å².